The molecule has 2 nitrogen and oxygen atoms in total. The van der Waals surface area contributed by atoms with Gasteiger partial charge in [0.2, 0.25) is 0 Å². The molecule has 0 aliphatic heterocycles. The third-order valence-corrected chi connectivity index (χ3v) is 7.49. The molecular weight excluding hydrogens is 460 g/mol. The summed E-state index contributed by atoms with van der Waals surface area (Å²) in [6.07, 6.45) is 9.92. The van der Waals surface area contributed by atoms with Crippen LogP contribution in [0.15, 0.2) is 152 Å². The molecule has 0 N–H and O–H groups in total. The SMILES string of the molecule is C1=CCC(c2ccc3c4ccc(N(c5ccccc5)c5ccccc5)cc4n(-c4ccccc4)c3c2)C=C1. The molecule has 6 aromatic rings. The van der Waals surface area contributed by atoms with Crippen molar-refractivity contribution in [2.75, 3.05) is 4.90 Å². The number of allylic oxidation sites excluding steroid dienone is 4. The van der Waals surface area contributed by atoms with Gasteiger partial charge in [0.05, 0.1) is 11.0 Å². The summed E-state index contributed by atoms with van der Waals surface area (Å²) < 4.78 is 2.42. The lowest BCUT2D eigenvalue weighted by Crippen LogP contribution is -2.09. The van der Waals surface area contributed by atoms with E-state index in [1.165, 1.54) is 33.1 Å². The Balaban J connectivity index is 1.48. The zero-order valence-electron chi connectivity index (χ0n) is 21.1. The van der Waals surface area contributed by atoms with Gasteiger partial charge < -0.3 is 9.47 Å². The first-order valence-electron chi connectivity index (χ1n) is 13.2. The molecule has 1 aliphatic rings. The molecule has 1 atom stereocenters. The van der Waals surface area contributed by atoms with Gasteiger partial charge in [-0.2, -0.15) is 0 Å². The van der Waals surface area contributed by atoms with E-state index in [-0.39, 0.29) is 0 Å². The number of para-hydroxylation sites is 3. The van der Waals surface area contributed by atoms with Crippen LogP contribution in [0.1, 0.15) is 17.9 Å². The number of hydrogen-bond acceptors (Lipinski definition) is 1. The number of anilines is 3. The summed E-state index contributed by atoms with van der Waals surface area (Å²) in [5.74, 6) is 0.411. The van der Waals surface area contributed by atoms with Crippen LogP contribution >= 0.6 is 0 Å². The lowest BCUT2D eigenvalue weighted by Gasteiger charge is -2.25. The molecule has 0 saturated carbocycles. The summed E-state index contributed by atoms with van der Waals surface area (Å²) >= 11 is 0. The summed E-state index contributed by atoms with van der Waals surface area (Å²) in [7, 11) is 0. The van der Waals surface area contributed by atoms with Crippen LogP contribution in [0.5, 0.6) is 0 Å². The number of fused-ring (bicyclic) bond motifs is 3. The Morgan fingerprint density at radius 2 is 1.16 bits per heavy atom. The van der Waals surface area contributed by atoms with Crippen molar-refractivity contribution >= 4 is 38.9 Å². The van der Waals surface area contributed by atoms with Crippen molar-refractivity contribution in [3.8, 4) is 5.69 Å². The molecule has 0 saturated heterocycles. The first-order valence-corrected chi connectivity index (χ1v) is 13.2. The quantitative estimate of drug-likeness (QED) is 0.234. The number of nitrogens with zero attached hydrogens (tertiary/aromatic N) is 2. The number of rotatable bonds is 5. The van der Waals surface area contributed by atoms with Crippen molar-refractivity contribution < 1.29 is 0 Å². The molecule has 1 aliphatic carbocycles. The topological polar surface area (TPSA) is 8.17 Å². The van der Waals surface area contributed by atoms with E-state index in [9.17, 15) is 0 Å². The molecule has 5 aromatic carbocycles. The highest BCUT2D eigenvalue weighted by Crippen LogP contribution is 2.40. The Hall–Kier alpha value is -4.82. The fourth-order valence-electron chi connectivity index (χ4n) is 5.68. The zero-order valence-corrected chi connectivity index (χ0v) is 21.1. The molecule has 0 radical (unpaired) electrons. The summed E-state index contributed by atoms with van der Waals surface area (Å²) in [5, 5.41) is 2.54. The smallest absolute Gasteiger partial charge is 0.0561 e. The Labute approximate surface area is 223 Å². The normalized spacial score (nSPS) is 14.8. The van der Waals surface area contributed by atoms with Crippen LogP contribution in [0.2, 0.25) is 0 Å². The highest BCUT2D eigenvalue weighted by Gasteiger charge is 2.18. The summed E-state index contributed by atoms with van der Waals surface area (Å²) in [6, 6.07) is 45.8. The molecule has 0 spiro atoms. The van der Waals surface area contributed by atoms with E-state index in [1.807, 2.05) is 0 Å². The van der Waals surface area contributed by atoms with E-state index in [2.05, 4.69) is 161 Å². The Bertz CT molecular complexity index is 1740. The lowest BCUT2D eigenvalue weighted by molar-refractivity contribution is 0.855. The van der Waals surface area contributed by atoms with Crippen molar-refractivity contribution in [1.82, 2.24) is 4.57 Å². The molecule has 38 heavy (non-hydrogen) atoms. The van der Waals surface area contributed by atoms with E-state index in [1.54, 1.807) is 0 Å². The molecule has 0 bridgehead atoms. The zero-order chi connectivity index (χ0) is 25.3. The molecule has 1 heterocycles. The predicted octanol–water partition coefficient (Wildman–Crippen LogP) is 9.85. The van der Waals surface area contributed by atoms with Gasteiger partial charge in [0.1, 0.15) is 0 Å². The monoisotopic (exact) mass is 488 g/mol. The Kier molecular flexibility index (Phi) is 5.64. The van der Waals surface area contributed by atoms with Gasteiger partial charge in [-0.3, -0.25) is 0 Å². The number of benzene rings is 5. The summed E-state index contributed by atoms with van der Waals surface area (Å²) in [6.45, 7) is 0. The third kappa shape index (κ3) is 3.91. The molecule has 1 unspecified atom stereocenters. The van der Waals surface area contributed by atoms with Crippen LogP contribution in [-0.2, 0) is 0 Å². The van der Waals surface area contributed by atoms with Crippen molar-refractivity contribution in [3.63, 3.8) is 0 Å². The minimum atomic E-state index is 0.411. The molecule has 182 valence electrons. The van der Waals surface area contributed by atoms with E-state index in [0.29, 0.717) is 5.92 Å². The highest BCUT2D eigenvalue weighted by molar-refractivity contribution is 6.10. The largest absolute Gasteiger partial charge is 0.310 e. The van der Waals surface area contributed by atoms with Gasteiger partial charge in [0.25, 0.3) is 0 Å². The lowest BCUT2D eigenvalue weighted by atomic mass is 9.92. The summed E-state index contributed by atoms with van der Waals surface area (Å²) in [5.41, 5.74) is 8.39. The van der Waals surface area contributed by atoms with Gasteiger partial charge in [-0.05, 0) is 66.6 Å². The van der Waals surface area contributed by atoms with Gasteiger partial charge in [0.15, 0.2) is 0 Å². The maximum absolute atomic E-state index is 2.42. The van der Waals surface area contributed by atoms with E-state index < -0.39 is 0 Å². The second-order valence-electron chi connectivity index (χ2n) is 9.81. The van der Waals surface area contributed by atoms with Gasteiger partial charge >= 0.3 is 0 Å². The Morgan fingerprint density at radius 1 is 0.553 bits per heavy atom. The van der Waals surface area contributed by atoms with Crippen molar-refractivity contribution in [3.05, 3.63) is 157 Å². The maximum atomic E-state index is 2.42. The average molecular weight is 489 g/mol. The second kappa shape index (κ2) is 9.57. The highest BCUT2D eigenvalue weighted by atomic mass is 15.1. The van der Waals surface area contributed by atoms with Crippen molar-refractivity contribution in [2.45, 2.75) is 12.3 Å². The fourth-order valence-corrected chi connectivity index (χ4v) is 5.68. The van der Waals surface area contributed by atoms with Crippen molar-refractivity contribution in [1.29, 1.82) is 0 Å². The third-order valence-electron chi connectivity index (χ3n) is 7.49. The molecular formula is C36H28N2. The molecule has 0 amide bonds. The van der Waals surface area contributed by atoms with E-state index >= 15 is 0 Å². The molecule has 2 heteroatoms. The fraction of sp³-hybridized carbons (Fsp3) is 0.0556. The van der Waals surface area contributed by atoms with E-state index in [0.717, 1.165) is 23.5 Å². The minimum absolute atomic E-state index is 0.411. The van der Waals surface area contributed by atoms with Crippen molar-refractivity contribution in [2.24, 2.45) is 0 Å². The van der Waals surface area contributed by atoms with Gasteiger partial charge in [-0.15, -0.1) is 0 Å². The molecule has 0 fully saturated rings. The van der Waals surface area contributed by atoms with Gasteiger partial charge in [0, 0.05) is 39.4 Å². The number of hydrogen-bond donors (Lipinski definition) is 0. The predicted molar refractivity (Wildman–Crippen MR) is 161 cm³/mol. The van der Waals surface area contributed by atoms with Crippen LogP contribution < -0.4 is 4.90 Å². The standard InChI is InChI=1S/C36H28N2/c1-5-13-27(14-6-1)28-21-23-33-34-24-22-32(26-36(34)38(35(33)25-28)31-19-11-4-12-20-31)37(29-15-7-2-8-16-29)30-17-9-3-10-18-30/h1-13,15-27H,14H2. The van der Waals surface area contributed by atoms with Crippen LogP contribution in [0.4, 0.5) is 17.1 Å². The number of aromatic nitrogens is 1. The Morgan fingerprint density at radius 3 is 1.79 bits per heavy atom. The van der Waals surface area contributed by atoms with E-state index in [4.69, 9.17) is 0 Å². The first-order chi connectivity index (χ1) is 18.9. The minimum Gasteiger partial charge on any atom is -0.310 e. The van der Waals surface area contributed by atoms with Crippen LogP contribution in [-0.4, -0.2) is 4.57 Å². The van der Waals surface area contributed by atoms with Crippen LogP contribution in [0.25, 0.3) is 27.5 Å². The maximum Gasteiger partial charge on any atom is 0.0561 e. The van der Waals surface area contributed by atoms with Crippen LogP contribution in [0, 0.1) is 0 Å². The first kappa shape index (κ1) is 22.4. The van der Waals surface area contributed by atoms with Gasteiger partial charge in [-0.25, -0.2) is 0 Å². The molecule has 1 aromatic heterocycles. The van der Waals surface area contributed by atoms with Gasteiger partial charge in [-0.1, -0.05) is 97.1 Å². The summed E-state index contributed by atoms with van der Waals surface area (Å²) in [4.78, 5) is 2.33. The van der Waals surface area contributed by atoms with Crippen LogP contribution in [0.3, 0.4) is 0 Å². The second-order valence-corrected chi connectivity index (χ2v) is 9.81. The average Bonchev–Trinajstić information content (AvgIpc) is 3.32. The molecule has 7 rings (SSSR count).